The van der Waals surface area contributed by atoms with E-state index in [4.69, 9.17) is 10.0 Å². The van der Waals surface area contributed by atoms with Gasteiger partial charge in [0, 0.05) is 5.56 Å². The van der Waals surface area contributed by atoms with Gasteiger partial charge in [0.05, 0.1) is 11.3 Å². The third-order valence-corrected chi connectivity index (χ3v) is 3.28. The maximum absolute atomic E-state index is 13.8. The van der Waals surface area contributed by atoms with Gasteiger partial charge in [0.25, 0.3) is 0 Å². The van der Waals surface area contributed by atoms with Crippen molar-refractivity contribution in [3.8, 4) is 0 Å². The predicted octanol–water partition coefficient (Wildman–Crippen LogP) is 2.80. The normalized spacial score (nSPS) is 13.3. The van der Waals surface area contributed by atoms with Gasteiger partial charge in [0.15, 0.2) is 0 Å². The van der Waals surface area contributed by atoms with Gasteiger partial charge in [0.2, 0.25) is 5.91 Å². The summed E-state index contributed by atoms with van der Waals surface area (Å²) in [4.78, 5) is 11.3. The van der Waals surface area contributed by atoms with Gasteiger partial charge in [-0.05, 0) is 17.6 Å². The van der Waals surface area contributed by atoms with Crippen LogP contribution in [0.25, 0.3) is 0 Å². The SMILES string of the molecule is C=CC(=O)Nc1cc(C(F)(F)C(F)(F)F)cc(B(O)O)c1C(F)(F)C(F)(F)F. The summed E-state index contributed by atoms with van der Waals surface area (Å²) in [6, 6.07) is -1.05. The Hall–Kier alpha value is -2.29. The molecule has 0 atom stereocenters. The van der Waals surface area contributed by atoms with Crippen LogP contribution in [0.2, 0.25) is 0 Å². The van der Waals surface area contributed by atoms with Gasteiger partial charge in [-0.1, -0.05) is 12.6 Å². The molecule has 0 unspecified atom stereocenters. The second-order valence-corrected chi connectivity index (χ2v) is 5.20. The fourth-order valence-electron chi connectivity index (χ4n) is 1.99. The van der Waals surface area contributed by atoms with E-state index in [2.05, 4.69) is 6.58 Å². The molecule has 1 aromatic carbocycles. The molecule has 1 rings (SSSR count). The zero-order valence-corrected chi connectivity index (χ0v) is 13.1. The number of carbonyl (C=O) groups is 1. The molecule has 0 aromatic heterocycles. The number of anilines is 1. The van der Waals surface area contributed by atoms with Gasteiger partial charge >= 0.3 is 31.3 Å². The molecule has 0 fully saturated rings. The Labute approximate surface area is 149 Å². The first-order chi connectivity index (χ1) is 12.4. The number of benzene rings is 1. The zero-order valence-electron chi connectivity index (χ0n) is 13.1. The molecule has 28 heavy (non-hydrogen) atoms. The van der Waals surface area contributed by atoms with Gasteiger partial charge in [-0.15, -0.1) is 0 Å². The summed E-state index contributed by atoms with van der Waals surface area (Å²) < 4.78 is 130. The van der Waals surface area contributed by atoms with Crippen LogP contribution < -0.4 is 10.8 Å². The fraction of sp³-hybridized carbons (Fsp3) is 0.308. The second-order valence-electron chi connectivity index (χ2n) is 5.20. The van der Waals surface area contributed by atoms with Crippen molar-refractivity contribution in [2.75, 3.05) is 5.32 Å². The van der Waals surface area contributed by atoms with Gasteiger partial charge in [-0.25, -0.2) is 0 Å². The van der Waals surface area contributed by atoms with Gasteiger partial charge in [-0.3, -0.25) is 4.79 Å². The molecule has 0 spiro atoms. The Morgan fingerprint density at radius 1 is 0.929 bits per heavy atom. The quantitative estimate of drug-likeness (QED) is 0.385. The average molecular weight is 427 g/mol. The summed E-state index contributed by atoms with van der Waals surface area (Å²) in [5.74, 6) is -13.3. The summed E-state index contributed by atoms with van der Waals surface area (Å²) in [5, 5.41) is 19.3. The van der Waals surface area contributed by atoms with E-state index >= 15 is 0 Å². The van der Waals surface area contributed by atoms with Crippen LogP contribution in [0.4, 0.5) is 49.6 Å². The average Bonchev–Trinajstić information content (AvgIpc) is 2.51. The molecule has 4 nitrogen and oxygen atoms in total. The minimum atomic E-state index is -6.43. The first-order valence-corrected chi connectivity index (χ1v) is 6.75. The van der Waals surface area contributed by atoms with Crippen LogP contribution in [0.1, 0.15) is 11.1 Å². The first-order valence-electron chi connectivity index (χ1n) is 6.75. The van der Waals surface area contributed by atoms with Gasteiger partial charge in [0.1, 0.15) is 0 Å². The molecule has 1 aromatic rings. The lowest BCUT2D eigenvalue weighted by Gasteiger charge is -2.28. The van der Waals surface area contributed by atoms with Crippen molar-refractivity contribution < 1.29 is 58.7 Å². The molecular formula is C13H8BF10NO3. The number of hydrogen-bond acceptors (Lipinski definition) is 3. The molecule has 0 saturated heterocycles. The molecule has 0 saturated carbocycles. The number of amides is 1. The highest BCUT2D eigenvalue weighted by atomic mass is 19.4. The Morgan fingerprint density at radius 2 is 1.39 bits per heavy atom. The fourth-order valence-corrected chi connectivity index (χ4v) is 1.99. The topological polar surface area (TPSA) is 69.6 Å². The van der Waals surface area contributed by atoms with Gasteiger partial charge < -0.3 is 15.4 Å². The van der Waals surface area contributed by atoms with E-state index in [9.17, 15) is 48.7 Å². The van der Waals surface area contributed by atoms with Gasteiger partial charge in [-0.2, -0.15) is 43.9 Å². The number of carbonyl (C=O) groups excluding carboxylic acids is 1. The molecular weight excluding hydrogens is 419 g/mol. The first kappa shape index (κ1) is 23.8. The predicted molar refractivity (Wildman–Crippen MR) is 75.0 cm³/mol. The summed E-state index contributed by atoms with van der Waals surface area (Å²) in [5.41, 5.74) is -8.52. The molecule has 3 N–H and O–H groups in total. The van der Waals surface area contributed by atoms with Crippen LogP contribution in [0.3, 0.4) is 0 Å². The van der Waals surface area contributed by atoms with Crippen molar-refractivity contribution in [2.24, 2.45) is 0 Å². The molecule has 0 heterocycles. The number of nitrogens with one attached hydrogen (secondary N) is 1. The molecule has 0 aliphatic heterocycles. The zero-order chi connectivity index (χ0) is 22.3. The maximum Gasteiger partial charge on any atom is 0.489 e. The summed E-state index contributed by atoms with van der Waals surface area (Å²) in [6.45, 7) is 2.82. The van der Waals surface area contributed by atoms with Crippen molar-refractivity contribution in [1.82, 2.24) is 0 Å². The number of rotatable bonds is 5. The Morgan fingerprint density at radius 3 is 1.75 bits per heavy atom. The van der Waals surface area contributed by atoms with Crippen LogP contribution in [0.5, 0.6) is 0 Å². The van der Waals surface area contributed by atoms with Crippen molar-refractivity contribution in [1.29, 1.82) is 0 Å². The molecule has 156 valence electrons. The summed E-state index contributed by atoms with van der Waals surface area (Å²) in [7, 11) is -3.33. The largest absolute Gasteiger partial charge is 0.489 e. The highest BCUT2D eigenvalue weighted by molar-refractivity contribution is 6.59. The van der Waals surface area contributed by atoms with E-state index in [1.165, 1.54) is 5.32 Å². The lowest BCUT2D eigenvalue weighted by molar-refractivity contribution is -0.290. The monoisotopic (exact) mass is 427 g/mol. The standard InChI is InChI=1S/C13H8BF10NO3/c1-2-8(26)25-7-4-5(10(15,16)12(19,20)21)3-6(14(27)28)9(7)11(17,18)13(22,23)24/h2-4,27-28H,1H2,(H,25,26). The second kappa shape index (κ2) is 7.27. The summed E-state index contributed by atoms with van der Waals surface area (Å²) in [6.07, 6.45) is -12.5. The minimum absolute atomic E-state index is 0.291. The van der Waals surface area contributed by atoms with Crippen LogP contribution in [-0.4, -0.2) is 35.4 Å². The molecule has 15 heteroatoms. The lowest BCUT2D eigenvalue weighted by atomic mass is 9.73. The molecule has 1 amide bonds. The van der Waals surface area contributed by atoms with Crippen LogP contribution >= 0.6 is 0 Å². The number of halogens is 10. The van der Waals surface area contributed by atoms with Crippen molar-refractivity contribution in [3.05, 3.63) is 35.9 Å². The number of alkyl halides is 10. The van der Waals surface area contributed by atoms with E-state index in [1.807, 2.05) is 0 Å². The van der Waals surface area contributed by atoms with Crippen molar-refractivity contribution >= 4 is 24.2 Å². The van der Waals surface area contributed by atoms with E-state index in [-0.39, 0.29) is 0 Å². The third kappa shape index (κ3) is 4.24. The molecule has 0 radical (unpaired) electrons. The van der Waals surface area contributed by atoms with E-state index < -0.39 is 71.6 Å². The highest BCUT2D eigenvalue weighted by Gasteiger charge is 2.63. The molecule has 0 aliphatic carbocycles. The van der Waals surface area contributed by atoms with E-state index in [1.54, 1.807) is 0 Å². The Balaban J connectivity index is 3.99. The van der Waals surface area contributed by atoms with E-state index in [0.29, 0.717) is 6.08 Å². The van der Waals surface area contributed by atoms with Crippen LogP contribution in [0, 0.1) is 0 Å². The molecule has 0 aliphatic rings. The third-order valence-electron chi connectivity index (χ3n) is 3.28. The maximum atomic E-state index is 13.8. The van der Waals surface area contributed by atoms with Crippen LogP contribution in [-0.2, 0) is 16.6 Å². The van der Waals surface area contributed by atoms with E-state index in [0.717, 1.165) is 0 Å². The Kier molecular flexibility index (Phi) is 6.17. The lowest BCUT2D eigenvalue weighted by Crippen LogP contribution is -2.45. The minimum Gasteiger partial charge on any atom is -0.423 e. The Bertz CT molecular complexity index is 773. The van der Waals surface area contributed by atoms with Crippen LogP contribution in [0.15, 0.2) is 24.8 Å². The van der Waals surface area contributed by atoms with Crippen molar-refractivity contribution in [2.45, 2.75) is 24.2 Å². The number of hydrogen-bond donors (Lipinski definition) is 3. The molecule has 0 bridgehead atoms. The van der Waals surface area contributed by atoms with Crippen molar-refractivity contribution in [3.63, 3.8) is 0 Å². The smallest absolute Gasteiger partial charge is 0.423 e. The highest BCUT2D eigenvalue weighted by Crippen LogP contribution is 2.49. The summed E-state index contributed by atoms with van der Waals surface area (Å²) >= 11 is 0.